The van der Waals surface area contributed by atoms with Gasteiger partial charge in [-0.1, -0.05) is 18.2 Å². The van der Waals surface area contributed by atoms with Crippen LogP contribution in [0.5, 0.6) is 0 Å². The van der Waals surface area contributed by atoms with Crippen LogP contribution >= 0.6 is 0 Å². The molecule has 1 heterocycles. The molecule has 1 aliphatic heterocycles. The Labute approximate surface area is 76.0 Å². The number of carbonyl (C=O) groups is 1. The summed E-state index contributed by atoms with van der Waals surface area (Å²) in [7, 11) is 0. The maximum absolute atomic E-state index is 11.5. The minimum absolute atomic E-state index is 0.240. The Morgan fingerprint density at radius 3 is 2.85 bits per heavy atom. The Morgan fingerprint density at radius 1 is 1.46 bits per heavy atom. The summed E-state index contributed by atoms with van der Waals surface area (Å²) in [6, 6.07) is 9.30. The quantitative estimate of drug-likeness (QED) is 0.643. The topological polar surface area (TPSA) is 52.9 Å². The van der Waals surface area contributed by atoms with E-state index in [4.69, 9.17) is 5.26 Å². The van der Waals surface area contributed by atoms with Crippen LogP contribution in [0.15, 0.2) is 24.3 Å². The fraction of sp³-hybridized carbons (Fsp3) is 0.200. The minimum Gasteiger partial charge on any atom is -0.324 e. The number of hydrogen-bond acceptors (Lipinski definition) is 2. The Hall–Kier alpha value is -1.82. The molecule has 2 rings (SSSR count). The van der Waals surface area contributed by atoms with Gasteiger partial charge in [-0.3, -0.25) is 4.79 Å². The molecule has 1 aromatic rings. The maximum Gasteiger partial charge on any atom is 0.249 e. The highest BCUT2D eigenvalue weighted by Crippen LogP contribution is 2.36. The number of fused-ring (bicyclic) bond motifs is 1. The highest BCUT2D eigenvalue weighted by Gasteiger charge is 2.42. The molecule has 13 heavy (non-hydrogen) atoms. The Balaban J connectivity index is 2.67. The average Bonchev–Trinajstić information content (AvgIpc) is 2.41. The molecule has 0 saturated heterocycles. The van der Waals surface area contributed by atoms with E-state index in [-0.39, 0.29) is 5.91 Å². The van der Waals surface area contributed by atoms with E-state index in [2.05, 4.69) is 5.32 Å². The van der Waals surface area contributed by atoms with Crippen LogP contribution in [0.1, 0.15) is 12.5 Å². The van der Waals surface area contributed by atoms with Crippen molar-refractivity contribution in [1.82, 2.24) is 0 Å². The molecule has 1 unspecified atom stereocenters. The van der Waals surface area contributed by atoms with Crippen molar-refractivity contribution in [3.8, 4) is 6.07 Å². The van der Waals surface area contributed by atoms with Gasteiger partial charge in [0.05, 0.1) is 6.07 Å². The van der Waals surface area contributed by atoms with Crippen molar-refractivity contribution in [2.24, 2.45) is 0 Å². The average molecular weight is 172 g/mol. The Morgan fingerprint density at radius 2 is 2.15 bits per heavy atom. The zero-order chi connectivity index (χ0) is 9.47. The molecule has 3 nitrogen and oxygen atoms in total. The van der Waals surface area contributed by atoms with Gasteiger partial charge in [0.15, 0.2) is 5.41 Å². The summed E-state index contributed by atoms with van der Waals surface area (Å²) in [4.78, 5) is 11.5. The van der Waals surface area contributed by atoms with E-state index in [0.29, 0.717) is 0 Å². The van der Waals surface area contributed by atoms with Crippen LogP contribution in [0.2, 0.25) is 0 Å². The molecule has 64 valence electrons. The smallest absolute Gasteiger partial charge is 0.249 e. The van der Waals surface area contributed by atoms with Gasteiger partial charge in [0.1, 0.15) is 0 Å². The molecule has 1 aliphatic rings. The van der Waals surface area contributed by atoms with E-state index in [9.17, 15) is 4.79 Å². The molecule has 1 amide bonds. The zero-order valence-electron chi connectivity index (χ0n) is 7.16. The summed E-state index contributed by atoms with van der Waals surface area (Å²) in [5.74, 6) is -0.240. The van der Waals surface area contributed by atoms with Crippen molar-refractivity contribution in [3.05, 3.63) is 29.8 Å². The Kier molecular flexibility index (Phi) is 1.40. The lowest BCUT2D eigenvalue weighted by Crippen LogP contribution is -2.28. The van der Waals surface area contributed by atoms with Crippen molar-refractivity contribution in [2.75, 3.05) is 5.32 Å². The van der Waals surface area contributed by atoms with Crippen LogP contribution in [0, 0.1) is 11.3 Å². The SMILES string of the molecule is CC1(C#N)C(=O)Nc2ccccc21. The Bertz CT molecular complexity index is 419. The van der Waals surface area contributed by atoms with E-state index < -0.39 is 5.41 Å². The van der Waals surface area contributed by atoms with Crippen LogP contribution in [0.25, 0.3) is 0 Å². The monoisotopic (exact) mass is 172 g/mol. The van der Waals surface area contributed by atoms with Gasteiger partial charge in [-0.2, -0.15) is 5.26 Å². The maximum atomic E-state index is 11.5. The summed E-state index contributed by atoms with van der Waals surface area (Å²) in [5.41, 5.74) is 0.496. The molecule has 1 atom stereocenters. The predicted molar refractivity (Wildman–Crippen MR) is 48.0 cm³/mol. The summed E-state index contributed by atoms with van der Waals surface area (Å²) in [6.07, 6.45) is 0. The first kappa shape index (κ1) is 7.81. The molecule has 0 aliphatic carbocycles. The van der Waals surface area contributed by atoms with E-state index in [0.717, 1.165) is 11.3 Å². The third kappa shape index (κ3) is 0.858. The molecule has 0 bridgehead atoms. The first-order chi connectivity index (χ1) is 6.18. The van der Waals surface area contributed by atoms with Gasteiger partial charge < -0.3 is 5.32 Å². The molecule has 0 aromatic heterocycles. The van der Waals surface area contributed by atoms with E-state index in [1.165, 1.54) is 0 Å². The van der Waals surface area contributed by atoms with Crippen molar-refractivity contribution in [3.63, 3.8) is 0 Å². The number of carbonyl (C=O) groups excluding carboxylic acids is 1. The van der Waals surface area contributed by atoms with Crippen molar-refractivity contribution >= 4 is 11.6 Å². The van der Waals surface area contributed by atoms with Crippen LogP contribution in [-0.4, -0.2) is 5.91 Å². The van der Waals surface area contributed by atoms with Gasteiger partial charge in [-0.25, -0.2) is 0 Å². The summed E-state index contributed by atoms with van der Waals surface area (Å²) < 4.78 is 0. The number of nitrogens with one attached hydrogen (secondary N) is 1. The molecule has 3 heteroatoms. The summed E-state index contributed by atoms with van der Waals surface area (Å²) >= 11 is 0. The minimum atomic E-state index is -1.02. The van der Waals surface area contributed by atoms with Gasteiger partial charge in [-0.05, 0) is 13.0 Å². The third-order valence-electron chi connectivity index (χ3n) is 2.39. The van der Waals surface area contributed by atoms with Gasteiger partial charge in [-0.15, -0.1) is 0 Å². The van der Waals surface area contributed by atoms with Crippen molar-refractivity contribution in [1.29, 1.82) is 5.26 Å². The molecular formula is C10H8N2O. The van der Waals surface area contributed by atoms with Crippen LogP contribution < -0.4 is 5.32 Å². The number of anilines is 1. The van der Waals surface area contributed by atoms with E-state index in [1.54, 1.807) is 19.1 Å². The number of rotatable bonds is 0. The lowest BCUT2D eigenvalue weighted by atomic mass is 9.86. The number of nitriles is 1. The fourth-order valence-corrected chi connectivity index (χ4v) is 1.51. The molecule has 0 saturated carbocycles. The molecule has 1 aromatic carbocycles. The summed E-state index contributed by atoms with van der Waals surface area (Å²) in [6.45, 7) is 1.63. The fourth-order valence-electron chi connectivity index (χ4n) is 1.51. The normalized spacial score (nSPS) is 24.8. The lowest BCUT2D eigenvalue weighted by Gasteiger charge is -2.10. The highest BCUT2D eigenvalue weighted by atomic mass is 16.2. The standard InChI is InChI=1S/C10H8N2O/c1-10(6-11)7-4-2-3-5-8(7)12-9(10)13/h2-5H,1H3,(H,12,13). The zero-order valence-corrected chi connectivity index (χ0v) is 7.16. The van der Waals surface area contributed by atoms with Crippen LogP contribution in [-0.2, 0) is 10.2 Å². The predicted octanol–water partition coefficient (Wildman–Crippen LogP) is 1.42. The molecule has 0 fully saturated rings. The lowest BCUT2D eigenvalue weighted by molar-refractivity contribution is -0.118. The van der Waals surface area contributed by atoms with Crippen molar-refractivity contribution in [2.45, 2.75) is 12.3 Å². The molecule has 0 spiro atoms. The van der Waals surface area contributed by atoms with Gasteiger partial charge in [0.2, 0.25) is 5.91 Å². The first-order valence-electron chi connectivity index (χ1n) is 4.01. The number of nitrogens with zero attached hydrogens (tertiary/aromatic N) is 1. The molecule has 1 N–H and O–H groups in total. The highest BCUT2D eigenvalue weighted by molar-refractivity contribution is 6.07. The second-order valence-corrected chi connectivity index (χ2v) is 3.24. The van der Waals surface area contributed by atoms with Gasteiger partial charge >= 0.3 is 0 Å². The largest absolute Gasteiger partial charge is 0.324 e. The number of hydrogen-bond donors (Lipinski definition) is 1. The van der Waals surface area contributed by atoms with Crippen LogP contribution in [0.3, 0.4) is 0 Å². The second kappa shape index (κ2) is 2.33. The summed E-state index contributed by atoms with van der Waals surface area (Å²) in [5, 5.41) is 11.6. The third-order valence-corrected chi connectivity index (χ3v) is 2.39. The van der Waals surface area contributed by atoms with Gasteiger partial charge in [0.25, 0.3) is 0 Å². The van der Waals surface area contributed by atoms with Crippen molar-refractivity contribution < 1.29 is 4.79 Å². The number of amides is 1. The molecule has 0 radical (unpaired) electrons. The number of benzene rings is 1. The van der Waals surface area contributed by atoms with E-state index in [1.807, 2.05) is 18.2 Å². The van der Waals surface area contributed by atoms with Crippen LogP contribution in [0.4, 0.5) is 5.69 Å². The first-order valence-corrected chi connectivity index (χ1v) is 4.01. The second-order valence-electron chi connectivity index (χ2n) is 3.24. The van der Waals surface area contributed by atoms with Gasteiger partial charge in [0, 0.05) is 11.3 Å². The molecular weight excluding hydrogens is 164 g/mol. The van der Waals surface area contributed by atoms with E-state index >= 15 is 0 Å². The number of para-hydroxylation sites is 1.